The first-order chi connectivity index (χ1) is 10.2. The number of imide groups is 1. The predicted molar refractivity (Wildman–Crippen MR) is 75.2 cm³/mol. The van der Waals surface area contributed by atoms with Crippen molar-refractivity contribution in [3.63, 3.8) is 0 Å². The minimum atomic E-state index is -0.0907. The summed E-state index contributed by atoms with van der Waals surface area (Å²) in [6.07, 6.45) is 5.22. The Hall–Kier alpha value is -2.04. The summed E-state index contributed by atoms with van der Waals surface area (Å²) in [7, 11) is 0. The van der Waals surface area contributed by atoms with Gasteiger partial charge in [0.2, 0.25) is 18.6 Å². The van der Waals surface area contributed by atoms with Crippen LogP contribution in [0.25, 0.3) is 0 Å². The van der Waals surface area contributed by atoms with Gasteiger partial charge in [-0.05, 0) is 30.4 Å². The van der Waals surface area contributed by atoms with Crippen LogP contribution in [0.2, 0.25) is 0 Å². The SMILES string of the molecule is O=C1CC2(CCCC2)CC(=O)N1c1ccc2c(c1)OCO2. The molecule has 110 valence electrons. The van der Waals surface area contributed by atoms with Gasteiger partial charge in [-0.3, -0.25) is 14.5 Å². The van der Waals surface area contributed by atoms with Crippen LogP contribution in [0.3, 0.4) is 0 Å². The van der Waals surface area contributed by atoms with Crippen molar-refractivity contribution < 1.29 is 19.1 Å². The van der Waals surface area contributed by atoms with E-state index in [1.54, 1.807) is 18.2 Å². The molecule has 0 bridgehead atoms. The van der Waals surface area contributed by atoms with Crippen LogP contribution in [0.1, 0.15) is 38.5 Å². The van der Waals surface area contributed by atoms with Crippen LogP contribution >= 0.6 is 0 Å². The van der Waals surface area contributed by atoms with E-state index in [4.69, 9.17) is 9.47 Å². The highest BCUT2D eigenvalue weighted by Gasteiger charge is 2.45. The van der Waals surface area contributed by atoms with Gasteiger partial charge in [-0.15, -0.1) is 0 Å². The molecule has 4 rings (SSSR count). The van der Waals surface area contributed by atoms with E-state index < -0.39 is 0 Å². The van der Waals surface area contributed by atoms with Crippen LogP contribution in [0, 0.1) is 5.41 Å². The first-order valence-corrected chi connectivity index (χ1v) is 7.42. The zero-order valence-electron chi connectivity index (χ0n) is 11.8. The zero-order valence-corrected chi connectivity index (χ0v) is 11.8. The number of ether oxygens (including phenoxy) is 2. The molecule has 21 heavy (non-hydrogen) atoms. The molecule has 0 aromatic heterocycles. The quantitative estimate of drug-likeness (QED) is 0.745. The van der Waals surface area contributed by atoms with Crippen molar-refractivity contribution in [1.82, 2.24) is 0 Å². The summed E-state index contributed by atoms with van der Waals surface area (Å²) >= 11 is 0. The standard InChI is InChI=1S/C16H17NO4/c18-14-8-16(5-1-2-6-16)9-15(19)17(14)11-3-4-12-13(7-11)21-10-20-12/h3-4,7H,1-2,5-6,8-10H2. The fourth-order valence-corrected chi connectivity index (χ4v) is 3.79. The minimum absolute atomic E-state index is 0.0684. The largest absolute Gasteiger partial charge is 0.454 e. The third-order valence-corrected chi connectivity index (χ3v) is 4.83. The number of fused-ring (bicyclic) bond motifs is 1. The molecule has 0 N–H and O–H groups in total. The molecule has 2 aliphatic heterocycles. The molecule has 1 spiro atoms. The smallest absolute Gasteiger partial charge is 0.234 e. The highest BCUT2D eigenvalue weighted by molar-refractivity contribution is 6.17. The first-order valence-electron chi connectivity index (χ1n) is 7.42. The van der Waals surface area contributed by atoms with Gasteiger partial charge in [0.05, 0.1) is 5.69 Å². The summed E-state index contributed by atoms with van der Waals surface area (Å²) in [6.45, 7) is 0.184. The van der Waals surface area contributed by atoms with Gasteiger partial charge in [-0.1, -0.05) is 12.8 Å². The van der Waals surface area contributed by atoms with Crippen LogP contribution in [0.15, 0.2) is 18.2 Å². The lowest BCUT2D eigenvalue weighted by molar-refractivity contribution is -0.133. The highest BCUT2D eigenvalue weighted by atomic mass is 16.7. The fourth-order valence-electron chi connectivity index (χ4n) is 3.79. The molecule has 2 heterocycles. The third kappa shape index (κ3) is 1.99. The molecule has 5 nitrogen and oxygen atoms in total. The van der Waals surface area contributed by atoms with E-state index in [2.05, 4.69) is 0 Å². The van der Waals surface area contributed by atoms with Gasteiger partial charge >= 0.3 is 0 Å². The van der Waals surface area contributed by atoms with E-state index in [0.29, 0.717) is 30.0 Å². The van der Waals surface area contributed by atoms with Gasteiger partial charge in [-0.25, -0.2) is 0 Å². The van der Waals surface area contributed by atoms with Crippen molar-refractivity contribution in [3.8, 4) is 11.5 Å². The number of amides is 2. The average Bonchev–Trinajstić information content (AvgIpc) is 3.06. The molecule has 2 amide bonds. The van der Waals surface area contributed by atoms with Crippen LogP contribution in [0.4, 0.5) is 5.69 Å². The molecular weight excluding hydrogens is 270 g/mol. The lowest BCUT2D eigenvalue weighted by Gasteiger charge is -2.37. The van der Waals surface area contributed by atoms with Crippen molar-refractivity contribution >= 4 is 17.5 Å². The van der Waals surface area contributed by atoms with E-state index in [-0.39, 0.29) is 24.0 Å². The number of carbonyl (C=O) groups excluding carboxylic acids is 2. The molecular formula is C16H17NO4. The van der Waals surface area contributed by atoms with Gasteiger partial charge in [0.15, 0.2) is 11.5 Å². The Morgan fingerprint density at radius 1 is 0.952 bits per heavy atom. The van der Waals surface area contributed by atoms with Crippen molar-refractivity contribution in [2.45, 2.75) is 38.5 Å². The molecule has 5 heteroatoms. The van der Waals surface area contributed by atoms with Crippen LogP contribution in [-0.4, -0.2) is 18.6 Å². The van der Waals surface area contributed by atoms with Gasteiger partial charge in [0.25, 0.3) is 0 Å². The molecule has 3 aliphatic rings. The molecule has 0 atom stereocenters. The highest BCUT2D eigenvalue weighted by Crippen LogP contribution is 2.48. The number of rotatable bonds is 1. The summed E-state index contributed by atoms with van der Waals surface area (Å²) in [4.78, 5) is 26.3. The van der Waals surface area contributed by atoms with Crippen molar-refractivity contribution in [2.24, 2.45) is 5.41 Å². The van der Waals surface area contributed by atoms with Gasteiger partial charge < -0.3 is 9.47 Å². The summed E-state index contributed by atoms with van der Waals surface area (Å²) in [6, 6.07) is 5.21. The lowest BCUT2D eigenvalue weighted by Crippen LogP contribution is -2.47. The maximum Gasteiger partial charge on any atom is 0.234 e. The Balaban J connectivity index is 1.63. The summed E-state index contributed by atoms with van der Waals surface area (Å²) in [5, 5.41) is 0. The minimum Gasteiger partial charge on any atom is -0.454 e. The van der Waals surface area contributed by atoms with Crippen molar-refractivity contribution in [1.29, 1.82) is 0 Å². The molecule has 1 aromatic carbocycles. The predicted octanol–water partition coefficient (Wildman–Crippen LogP) is 2.63. The van der Waals surface area contributed by atoms with E-state index >= 15 is 0 Å². The van der Waals surface area contributed by atoms with Crippen LogP contribution in [0.5, 0.6) is 11.5 Å². The number of anilines is 1. The van der Waals surface area contributed by atoms with Crippen molar-refractivity contribution in [3.05, 3.63) is 18.2 Å². The summed E-state index contributed by atoms with van der Waals surface area (Å²) in [5.74, 6) is 1.07. The van der Waals surface area contributed by atoms with Crippen LogP contribution < -0.4 is 14.4 Å². The molecule has 1 saturated carbocycles. The zero-order chi connectivity index (χ0) is 14.4. The van der Waals surface area contributed by atoms with Gasteiger partial charge in [0.1, 0.15) is 0 Å². The number of hydrogen-bond donors (Lipinski definition) is 0. The van der Waals surface area contributed by atoms with E-state index in [0.717, 1.165) is 25.7 Å². The average molecular weight is 287 g/mol. The molecule has 1 saturated heterocycles. The Kier molecular flexibility index (Phi) is 2.71. The fraction of sp³-hybridized carbons (Fsp3) is 0.500. The number of hydrogen-bond acceptors (Lipinski definition) is 4. The number of piperidine rings is 1. The Labute approximate surface area is 122 Å². The molecule has 1 aromatic rings. The molecule has 2 fully saturated rings. The van der Waals surface area contributed by atoms with Gasteiger partial charge in [0, 0.05) is 18.9 Å². The number of carbonyl (C=O) groups is 2. The molecule has 1 aliphatic carbocycles. The number of nitrogens with zero attached hydrogens (tertiary/aromatic N) is 1. The van der Waals surface area contributed by atoms with E-state index in [1.165, 1.54) is 4.90 Å². The molecule has 0 radical (unpaired) electrons. The second-order valence-corrected chi connectivity index (χ2v) is 6.22. The second-order valence-electron chi connectivity index (χ2n) is 6.22. The Bertz CT molecular complexity index is 599. The first kappa shape index (κ1) is 12.7. The number of benzene rings is 1. The van der Waals surface area contributed by atoms with E-state index in [9.17, 15) is 9.59 Å². The normalized spacial score (nSPS) is 23.1. The Morgan fingerprint density at radius 2 is 1.62 bits per heavy atom. The van der Waals surface area contributed by atoms with E-state index in [1.807, 2.05) is 0 Å². The lowest BCUT2D eigenvalue weighted by atomic mass is 9.76. The third-order valence-electron chi connectivity index (χ3n) is 4.83. The van der Waals surface area contributed by atoms with Crippen LogP contribution in [-0.2, 0) is 9.59 Å². The topological polar surface area (TPSA) is 55.8 Å². The summed E-state index contributed by atoms with van der Waals surface area (Å²) in [5.41, 5.74) is 0.517. The molecule has 0 unspecified atom stereocenters. The maximum absolute atomic E-state index is 12.5. The summed E-state index contributed by atoms with van der Waals surface area (Å²) < 4.78 is 10.6. The van der Waals surface area contributed by atoms with Crippen molar-refractivity contribution in [2.75, 3.05) is 11.7 Å². The second kappa shape index (κ2) is 4.48. The Morgan fingerprint density at radius 3 is 2.33 bits per heavy atom. The van der Waals surface area contributed by atoms with Gasteiger partial charge in [-0.2, -0.15) is 0 Å². The maximum atomic E-state index is 12.5. The monoisotopic (exact) mass is 287 g/mol.